The van der Waals surface area contributed by atoms with Gasteiger partial charge in [-0.15, -0.1) is 0 Å². The van der Waals surface area contributed by atoms with Gasteiger partial charge in [-0.3, -0.25) is 9.59 Å². The molecule has 3 amide bonds. The monoisotopic (exact) mass is 387 g/mol. The molecule has 1 aromatic rings. The fourth-order valence-electron chi connectivity index (χ4n) is 1.80. The molecule has 0 saturated carbocycles. The number of carbonyl (C=O) groups excluding carboxylic acids is 3. The Kier molecular flexibility index (Phi) is 7.67. The summed E-state index contributed by atoms with van der Waals surface area (Å²) in [5, 5.41) is 7.28. The van der Waals surface area contributed by atoms with Gasteiger partial charge in [-0.25, -0.2) is 9.18 Å². The zero-order valence-electron chi connectivity index (χ0n) is 12.9. The molecule has 0 aliphatic heterocycles. The second-order valence-electron chi connectivity index (χ2n) is 4.98. The van der Waals surface area contributed by atoms with E-state index in [4.69, 9.17) is 0 Å². The van der Waals surface area contributed by atoms with Gasteiger partial charge in [0.15, 0.2) is 0 Å². The highest BCUT2D eigenvalue weighted by Crippen LogP contribution is 2.19. The van der Waals surface area contributed by atoms with Crippen molar-refractivity contribution in [2.24, 2.45) is 0 Å². The molecule has 0 fully saturated rings. The quantitative estimate of drug-likeness (QED) is 0.671. The summed E-state index contributed by atoms with van der Waals surface area (Å²) in [6, 6.07) is 2.73. The van der Waals surface area contributed by atoms with Gasteiger partial charge in [-0.05, 0) is 31.5 Å². The van der Waals surface area contributed by atoms with Gasteiger partial charge in [0.1, 0.15) is 17.6 Å². The zero-order valence-corrected chi connectivity index (χ0v) is 14.5. The molecular formula is C15H19BrFN3O3. The van der Waals surface area contributed by atoms with Crippen LogP contribution in [-0.2, 0) is 9.59 Å². The molecule has 0 bridgehead atoms. The van der Waals surface area contributed by atoms with Gasteiger partial charge < -0.3 is 16.0 Å². The first-order chi connectivity index (χ1) is 10.8. The number of Topliss-reactive ketones (excluding diaryl/α,β-unsaturated/α-hetero) is 1. The maximum absolute atomic E-state index is 13.7. The molecule has 0 radical (unpaired) electrons. The summed E-state index contributed by atoms with van der Waals surface area (Å²) in [6.07, 6.45) is 1.06. The third-order valence-electron chi connectivity index (χ3n) is 2.89. The Labute approximate surface area is 142 Å². The summed E-state index contributed by atoms with van der Waals surface area (Å²) >= 11 is 3.12. The number of urea groups is 1. The third-order valence-corrected chi connectivity index (χ3v) is 3.38. The average Bonchev–Trinajstić information content (AvgIpc) is 2.47. The van der Waals surface area contributed by atoms with E-state index in [0.29, 0.717) is 17.3 Å². The molecule has 0 aromatic heterocycles. The summed E-state index contributed by atoms with van der Waals surface area (Å²) in [4.78, 5) is 34.8. The molecule has 0 aliphatic rings. The van der Waals surface area contributed by atoms with Crippen molar-refractivity contribution in [2.45, 2.75) is 32.7 Å². The summed E-state index contributed by atoms with van der Waals surface area (Å²) < 4.78 is 14.2. The normalized spacial score (nSPS) is 11.5. The highest BCUT2D eigenvalue weighted by molar-refractivity contribution is 9.10. The van der Waals surface area contributed by atoms with Crippen LogP contribution in [0.15, 0.2) is 22.7 Å². The van der Waals surface area contributed by atoms with E-state index in [0.717, 1.165) is 0 Å². The molecule has 0 spiro atoms. The van der Waals surface area contributed by atoms with Crippen LogP contribution in [0.2, 0.25) is 0 Å². The summed E-state index contributed by atoms with van der Waals surface area (Å²) in [6.45, 7) is 3.12. The van der Waals surface area contributed by atoms with Crippen LogP contribution >= 0.6 is 15.9 Å². The van der Waals surface area contributed by atoms with Crippen molar-refractivity contribution in [1.82, 2.24) is 10.6 Å². The van der Waals surface area contributed by atoms with Crippen molar-refractivity contribution in [3.05, 3.63) is 28.5 Å². The molecule has 1 rings (SSSR count). The lowest BCUT2D eigenvalue weighted by atomic mass is 10.1. The van der Waals surface area contributed by atoms with E-state index in [1.165, 1.54) is 19.1 Å². The summed E-state index contributed by atoms with van der Waals surface area (Å²) in [5.41, 5.74) is 0.00472. The molecule has 0 heterocycles. The van der Waals surface area contributed by atoms with E-state index in [1.807, 2.05) is 6.92 Å². The zero-order chi connectivity index (χ0) is 17.4. The molecule has 0 aliphatic carbocycles. The molecule has 1 atom stereocenters. The van der Waals surface area contributed by atoms with Crippen molar-refractivity contribution >= 4 is 39.3 Å². The second kappa shape index (κ2) is 9.24. The van der Waals surface area contributed by atoms with E-state index >= 15 is 0 Å². The molecule has 3 N–H and O–H groups in total. The summed E-state index contributed by atoms with van der Waals surface area (Å²) in [5.74, 6) is -1.23. The highest BCUT2D eigenvalue weighted by Gasteiger charge is 2.20. The van der Waals surface area contributed by atoms with Crippen molar-refractivity contribution in [3.63, 3.8) is 0 Å². The largest absolute Gasteiger partial charge is 0.347 e. The Morgan fingerprint density at radius 3 is 2.57 bits per heavy atom. The van der Waals surface area contributed by atoms with E-state index < -0.39 is 23.8 Å². The van der Waals surface area contributed by atoms with Crippen molar-refractivity contribution < 1.29 is 18.8 Å². The van der Waals surface area contributed by atoms with Gasteiger partial charge in [0.05, 0.1) is 12.2 Å². The number of carbonyl (C=O) groups is 3. The van der Waals surface area contributed by atoms with Crippen LogP contribution in [0, 0.1) is 5.82 Å². The predicted molar refractivity (Wildman–Crippen MR) is 88.6 cm³/mol. The third kappa shape index (κ3) is 6.77. The van der Waals surface area contributed by atoms with E-state index in [2.05, 4.69) is 31.9 Å². The smallest absolute Gasteiger partial charge is 0.319 e. The van der Waals surface area contributed by atoms with Crippen LogP contribution in [0.25, 0.3) is 0 Å². The van der Waals surface area contributed by atoms with Gasteiger partial charge in [-0.2, -0.15) is 0 Å². The van der Waals surface area contributed by atoms with Gasteiger partial charge in [0.25, 0.3) is 0 Å². The molecule has 126 valence electrons. The first-order valence-electron chi connectivity index (χ1n) is 7.13. The standard InChI is InChI=1S/C15H19BrFN3O3/c1-3-4-13(14(22)18-8-9(2)21)20-15(23)19-12-6-5-10(16)7-11(12)17/h5-7,13H,3-4,8H2,1-2H3,(H,18,22)(H2,19,20,23). The van der Waals surface area contributed by atoms with Crippen LogP contribution in [-0.4, -0.2) is 30.3 Å². The number of halogens is 2. The van der Waals surface area contributed by atoms with Crippen molar-refractivity contribution in [2.75, 3.05) is 11.9 Å². The van der Waals surface area contributed by atoms with Crippen LogP contribution in [0.1, 0.15) is 26.7 Å². The van der Waals surface area contributed by atoms with E-state index in [1.54, 1.807) is 6.07 Å². The lowest BCUT2D eigenvalue weighted by Gasteiger charge is -2.18. The minimum Gasteiger partial charge on any atom is -0.347 e. The molecule has 6 nitrogen and oxygen atoms in total. The Morgan fingerprint density at radius 2 is 2.00 bits per heavy atom. The molecule has 1 aromatic carbocycles. The lowest BCUT2D eigenvalue weighted by molar-refractivity contribution is -0.125. The van der Waals surface area contributed by atoms with Gasteiger partial charge in [-0.1, -0.05) is 29.3 Å². The Balaban J connectivity index is 2.66. The maximum atomic E-state index is 13.7. The maximum Gasteiger partial charge on any atom is 0.319 e. The number of ketones is 1. The van der Waals surface area contributed by atoms with Crippen LogP contribution in [0.3, 0.4) is 0 Å². The number of amides is 3. The van der Waals surface area contributed by atoms with Crippen LogP contribution in [0.4, 0.5) is 14.9 Å². The Hall–Kier alpha value is -1.96. The van der Waals surface area contributed by atoms with E-state index in [-0.39, 0.29) is 18.0 Å². The number of rotatable bonds is 7. The average molecular weight is 388 g/mol. The fourth-order valence-corrected chi connectivity index (χ4v) is 2.13. The van der Waals surface area contributed by atoms with Crippen LogP contribution < -0.4 is 16.0 Å². The number of nitrogens with one attached hydrogen (secondary N) is 3. The molecular weight excluding hydrogens is 369 g/mol. The minimum atomic E-state index is -0.794. The first kappa shape index (κ1) is 19.1. The summed E-state index contributed by atoms with van der Waals surface area (Å²) in [7, 11) is 0. The van der Waals surface area contributed by atoms with Gasteiger partial charge in [0.2, 0.25) is 5.91 Å². The Bertz CT molecular complexity index is 595. The molecule has 0 saturated heterocycles. The minimum absolute atomic E-state index is 0.00472. The topological polar surface area (TPSA) is 87.3 Å². The molecule has 8 heteroatoms. The van der Waals surface area contributed by atoms with Crippen molar-refractivity contribution in [3.8, 4) is 0 Å². The number of hydrogen-bond acceptors (Lipinski definition) is 3. The number of benzene rings is 1. The van der Waals surface area contributed by atoms with Gasteiger partial charge in [0, 0.05) is 4.47 Å². The highest BCUT2D eigenvalue weighted by atomic mass is 79.9. The number of anilines is 1. The van der Waals surface area contributed by atoms with E-state index in [9.17, 15) is 18.8 Å². The second-order valence-corrected chi connectivity index (χ2v) is 5.90. The SMILES string of the molecule is CCCC(NC(=O)Nc1ccc(Br)cc1F)C(=O)NCC(C)=O. The Morgan fingerprint density at radius 1 is 1.30 bits per heavy atom. The first-order valence-corrected chi connectivity index (χ1v) is 7.92. The van der Waals surface area contributed by atoms with Crippen LogP contribution in [0.5, 0.6) is 0 Å². The fraction of sp³-hybridized carbons (Fsp3) is 0.400. The lowest BCUT2D eigenvalue weighted by Crippen LogP contribution is -2.48. The molecule has 1 unspecified atom stereocenters. The predicted octanol–water partition coefficient (Wildman–Crippen LogP) is 2.58. The number of hydrogen-bond donors (Lipinski definition) is 3. The molecule has 23 heavy (non-hydrogen) atoms. The van der Waals surface area contributed by atoms with Crippen molar-refractivity contribution in [1.29, 1.82) is 0 Å². The van der Waals surface area contributed by atoms with Gasteiger partial charge >= 0.3 is 6.03 Å².